The van der Waals surface area contributed by atoms with Crippen LogP contribution in [0.15, 0.2) is 97.2 Å². The molecule has 4 unspecified atom stereocenters. The number of carbonyl (C=O) groups excluding carboxylic acids is 2. The Morgan fingerprint density at radius 3 is 2.45 bits per heavy atom. The molecule has 11 heteroatoms. The summed E-state index contributed by atoms with van der Waals surface area (Å²) in [6.07, 6.45) is 3.17. The van der Waals surface area contributed by atoms with Crippen LogP contribution < -0.4 is 10.2 Å². The molecule has 5 rings (SSSR count). The van der Waals surface area contributed by atoms with Crippen LogP contribution >= 0.6 is 23.2 Å². The average Bonchev–Trinajstić information content (AvgIpc) is 2.99. The summed E-state index contributed by atoms with van der Waals surface area (Å²) in [5.41, 5.74) is 5.51. The van der Waals surface area contributed by atoms with E-state index < -0.39 is 34.9 Å². The fourth-order valence-corrected chi connectivity index (χ4v) is 6.32. The Bertz CT molecular complexity index is 1590. The number of amides is 2. The van der Waals surface area contributed by atoms with E-state index in [4.69, 9.17) is 28.0 Å². The minimum atomic E-state index is -1.40. The van der Waals surface area contributed by atoms with Crippen LogP contribution in [-0.2, 0) is 27.2 Å². The maximum atomic E-state index is 14.2. The largest absolute Gasteiger partial charge is 0.328 e. The standard InChI is InChI=1S/C31H28Cl2N4O4S/c1-42(40)36-27(20-9-3-2-4-10-20)18-37-29(25-15-14-21(32)17-26(25)33)28(23-12-5-6-13-24(23)31(37)39)30(38)35-41-19-22-11-7-8-16-34-22/h2-17,27-29,36H,18-19H2,1H3,(H,35,38). The average molecular weight is 624 g/mol. The summed E-state index contributed by atoms with van der Waals surface area (Å²) in [6, 6.07) is 25.5. The van der Waals surface area contributed by atoms with Gasteiger partial charge in [0.15, 0.2) is 0 Å². The Morgan fingerprint density at radius 1 is 1.00 bits per heavy atom. The Kier molecular flexibility index (Phi) is 9.66. The highest BCUT2D eigenvalue weighted by Gasteiger charge is 2.45. The molecule has 4 atom stereocenters. The van der Waals surface area contributed by atoms with E-state index >= 15 is 0 Å². The molecule has 8 nitrogen and oxygen atoms in total. The van der Waals surface area contributed by atoms with Gasteiger partial charge in [0, 0.05) is 34.6 Å². The van der Waals surface area contributed by atoms with E-state index in [-0.39, 0.29) is 19.1 Å². The number of hydroxylamine groups is 1. The van der Waals surface area contributed by atoms with Gasteiger partial charge in [-0.3, -0.25) is 19.4 Å². The van der Waals surface area contributed by atoms with E-state index in [1.165, 1.54) is 6.26 Å². The number of pyridine rings is 1. The van der Waals surface area contributed by atoms with Gasteiger partial charge in [0.2, 0.25) is 0 Å². The van der Waals surface area contributed by atoms with Crippen LogP contribution in [0.1, 0.15) is 50.7 Å². The maximum absolute atomic E-state index is 14.2. The predicted octanol–water partition coefficient (Wildman–Crippen LogP) is 5.54. The number of aromatic nitrogens is 1. The van der Waals surface area contributed by atoms with Crippen LogP contribution in [0.4, 0.5) is 0 Å². The molecule has 0 saturated heterocycles. The van der Waals surface area contributed by atoms with Crippen molar-refractivity contribution in [3.8, 4) is 0 Å². The molecular formula is C31H28Cl2N4O4S. The van der Waals surface area contributed by atoms with Crippen molar-refractivity contribution in [1.82, 2.24) is 20.1 Å². The van der Waals surface area contributed by atoms with Crippen molar-refractivity contribution in [3.05, 3.63) is 135 Å². The summed E-state index contributed by atoms with van der Waals surface area (Å²) in [5, 5.41) is 0.725. The van der Waals surface area contributed by atoms with Crippen LogP contribution in [-0.4, -0.2) is 38.7 Å². The first-order chi connectivity index (χ1) is 20.3. The van der Waals surface area contributed by atoms with E-state index in [0.29, 0.717) is 32.4 Å². The third kappa shape index (κ3) is 6.72. The number of carbonyl (C=O) groups is 2. The topological polar surface area (TPSA) is 101 Å². The van der Waals surface area contributed by atoms with Crippen molar-refractivity contribution in [2.45, 2.75) is 24.6 Å². The number of nitrogens with zero attached hydrogens (tertiary/aromatic N) is 2. The number of fused-ring (bicyclic) bond motifs is 1. The SMILES string of the molecule is CS(=O)NC(CN1C(=O)c2ccccc2C(C(=O)NOCc2ccccn2)C1c1ccc(Cl)cc1Cl)c1ccccc1. The summed E-state index contributed by atoms with van der Waals surface area (Å²) in [6.45, 7) is 0.150. The van der Waals surface area contributed by atoms with Crippen molar-refractivity contribution in [2.75, 3.05) is 12.8 Å². The van der Waals surface area contributed by atoms with Gasteiger partial charge < -0.3 is 4.90 Å². The molecule has 2 amide bonds. The minimum absolute atomic E-state index is 0.0538. The highest BCUT2D eigenvalue weighted by molar-refractivity contribution is 7.82. The number of benzene rings is 3. The zero-order chi connectivity index (χ0) is 29.6. The predicted molar refractivity (Wildman–Crippen MR) is 163 cm³/mol. The minimum Gasteiger partial charge on any atom is -0.328 e. The molecule has 3 aromatic carbocycles. The van der Waals surface area contributed by atoms with Crippen molar-refractivity contribution in [3.63, 3.8) is 0 Å². The molecule has 1 aliphatic rings. The highest BCUT2D eigenvalue weighted by Crippen LogP contribution is 2.46. The van der Waals surface area contributed by atoms with Gasteiger partial charge in [-0.1, -0.05) is 83.9 Å². The third-order valence-electron chi connectivity index (χ3n) is 7.01. The Hall–Kier alpha value is -3.60. The molecule has 0 radical (unpaired) electrons. The van der Waals surface area contributed by atoms with E-state index in [9.17, 15) is 13.8 Å². The van der Waals surface area contributed by atoms with E-state index in [0.717, 1.165) is 5.56 Å². The van der Waals surface area contributed by atoms with Crippen molar-refractivity contribution in [1.29, 1.82) is 0 Å². The normalized spacial score (nSPS) is 17.8. The zero-order valence-electron chi connectivity index (χ0n) is 22.6. The van der Waals surface area contributed by atoms with E-state index in [1.807, 2.05) is 36.4 Å². The number of halogens is 2. The lowest BCUT2D eigenvalue weighted by Crippen LogP contribution is -2.50. The first-order valence-electron chi connectivity index (χ1n) is 13.1. The lowest BCUT2D eigenvalue weighted by atomic mass is 9.79. The molecule has 42 heavy (non-hydrogen) atoms. The molecule has 0 spiro atoms. The monoisotopic (exact) mass is 622 g/mol. The summed E-state index contributed by atoms with van der Waals surface area (Å²) in [7, 11) is -1.40. The Balaban J connectivity index is 1.58. The number of hydrogen-bond donors (Lipinski definition) is 2. The molecule has 2 N–H and O–H groups in total. The molecule has 4 aromatic rings. The van der Waals surface area contributed by atoms with Crippen LogP contribution in [0.2, 0.25) is 10.0 Å². The highest BCUT2D eigenvalue weighted by atomic mass is 35.5. The molecule has 1 aromatic heterocycles. The van der Waals surface area contributed by atoms with Crippen molar-refractivity contribution in [2.24, 2.45) is 0 Å². The lowest BCUT2D eigenvalue weighted by Gasteiger charge is -2.43. The summed E-state index contributed by atoms with van der Waals surface area (Å²) >= 11 is 13.0. The molecule has 2 heterocycles. The van der Waals surface area contributed by atoms with Gasteiger partial charge in [0.1, 0.15) is 6.61 Å². The second-order valence-corrected chi connectivity index (χ2v) is 11.7. The molecule has 0 bridgehead atoms. The van der Waals surface area contributed by atoms with Crippen LogP contribution in [0.3, 0.4) is 0 Å². The molecule has 0 aliphatic carbocycles. The Labute approximate surface area is 256 Å². The van der Waals surface area contributed by atoms with Crippen molar-refractivity contribution < 1.29 is 18.6 Å². The number of nitrogens with one attached hydrogen (secondary N) is 2. The van der Waals surface area contributed by atoms with Gasteiger partial charge in [0.25, 0.3) is 11.8 Å². The maximum Gasteiger partial charge on any atom is 0.254 e. The zero-order valence-corrected chi connectivity index (χ0v) is 24.9. The first-order valence-corrected chi connectivity index (χ1v) is 15.5. The molecule has 0 saturated carbocycles. The lowest BCUT2D eigenvalue weighted by molar-refractivity contribution is -0.138. The first kappa shape index (κ1) is 29.9. The van der Waals surface area contributed by atoms with Crippen LogP contribution in [0, 0.1) is 0 Å². The van der Waals surface area contributed by atoms with Gasteiger partial charge >= 0.3 is 0 Å². The second-order valence-electron chi connectivity index (χ2n) is 9.74. The fourth-order valence-electron chi connectivity index (χ4n) is 5.19. The quantitative estimate of drug-likeness (QED) is 0.226. The number of hydrogen-bond acceptors (Lipinski definition) is 5. The summed E-state index contributed by atoms with van der Waals surface area (Å²) < 4.78 is 15.4. The van der Waals surface area contributed by atoms with Crippen LogP contribution in [0.5, 0.6) is 0 Å². The molecule has 0 fully saturated rings. The van der Waals surface area contributed by atoms with Crippen LogP contribution in [0.25, 0.3) is 0 Å². The van der Waals surface area contributed by atoms with Gasteiger partial charge in [-0.2, -0.15) is 0 Å². The number of rotatable bonds is 10. The fraction of sp³-hybridized carbons (Fsp3) is 0.194. The van der Waals surface area contributed by atoms with Gasteiger partial charge in [-0.25, -0.2) is 14.4 Å². The van der Waals surface area contributed by atoms with E-state index in [1.54, 1.807) is 65.7 Å². The smallest absolute Gasteiger partial charge is 0.254 e. The van der Waals surface area contributed by atoms with E-state index in [2.05, 4.69) is 15.2 Å². The Morgan fingerprint density at radius 2 is 1.74 bits per heavy atom. The van der Waals surface area contributed by atoms with Crippen molar-refractivity contribution >= 4 is 46.0 Å². The summed E-state index contributed by atoms with van der Waals surface area (Å²) in [4.78, 5) is 39.6. The van der Waals surface area contributed by atoms with Gasteiger partial charge in [0.05, 0.1) is 34.7 Å². The molecule has 216 valence electrons. The molecule has 1 aliphatic heterocycles. The second kappa shape index (κ2) is 13.6. The van der Waals surface area contributed by atoms with Gasteiger partial charge in [-0.15, -0.1) is 0 Å². The van der Waals surface area contributed by atoms with Gasteiger partial charge in [-0.05, 0) is 47.0 Å². The summed E-state index contributed by atoms with van der Waals surface area (Å²) in [5.74, 6) is -1.65. The third-order valence-corrected chi connectivity index (χ3v) is 8.19. The molecular weight excluding hydrogens is 595 g/mol.